The van der Waals surface area contributed by atoms with Gasteiger partial charge in [-0.1, -0.05) is 42.5 Å². The van der Waals surface area contributed by atoms with Gasteiger partial charge in [0.05, 0.1) is 13.2 Å². The number of Topliss-reactive ketones (excluding diaryl/α,β-unsaturated/α-hetero) is 1. The molecule has 5 rings (SSSR count). The third-order valence-corrected chi connectivity index (χ3v) is 8.81. The zero-order chi connectivity index (χ0) is 35.6. The lowest BCUT2D eigenvalue weighted by Crippen LogP contribution is -2.35. The van der Waals surface area contributed by atoms with Crippen LogP contribution in [0.3, 0.4) is 0 Å². The van der Waals surface area contributed by atoms with Crippen molar-refractivity contribution in [2.24, 2.45) is 0 Å². The Bertz CT molecular complexity index is 1850. The number of methoxy groups -OCH3 is 1. The predicted octanol–water partition coefficient (Wildman–Crippen LogP) is 6.14. The number of fused-ring (bicyclic) bond motifs is 2. The molecule has 0 spiro atoms. The lowest BCUT2D eigenvalue weighted by molar-refractivity contribution is -0.121. The van der Waals surface area contributed by atoms with Gasteiger partial charge in [0.25, 0.3) is 5.91 Å². The lowest BCUT2D eigenvalue weighted by Gasteiger charge is -2.23. The van der Waals surface area contributed by atoms with E-state index in [1.54, 1.807) is 49.4 Å². The number of hydrogen-bond acceptors (Lipinski definition) is 8. The van der Waals surface area contributed by atoms with Crippen molar-refractivity contribution in [2.75, 3.05) is 20.2 Å². The maximum atomic E-state index is 13.6. The summed E-state index contributed by atoms with van der Waals surface area (Å²) in [6.45, 7) is 2.02. The van der Waals surface area contributed by atoms with Crippen molar-refractivity contribution >= 4 is 40.5 Å². The van der Waals surface area contributed by atoms with E-state index in [4.69, 9.17) is 9.47 Å². The molecular weight excluding hydrogens is 638 g/mol. The number of para-hydroxylation sites is 1. The summed E-state index contributed by atoms with van der Waals surface area (Å²) >= 11 is 0. The Morgan fingerprint density at radius 2 is 1.74 bits per heavy atom. The predicted molar refractivity (Wildman–Crippen MR) is 189 cm³/mol. The van der Waals surface area contributed by atoms with E-state index in [9.17, 15) is 29.4 Å². The number of aromatic amines is 1. The van der Waals surface area contributed by atoms with E-state index in [0.717, 1.165) is 10.9 Å². The summed E-state index contributed by atoms with van der Waals surface area (Å²) in [4.78, 5) is 54.9. The molecule has 0 fully saturated rings. The number of cyclic esters (lactones) is 1. The summed E-state index contributed by atoms with van der Waals surface area (Å²) in [6, 6.07) is 17.6. The van der Waals surface area contributed by atoms with Crippen molar-refractivity contribution in [1.29, 1.82) is 0 Å². The van der Waals surface area contributed by atoms with E-state index in [2.05, 4.69) is 15.6 Å². The van der Waals surface area contributed by atoms with E-state index >= 15 is 0 Å². The Morgan fingerprint density at radius 1 is 1.00 bits per heavy atom. The molecule has 50 heavy (non-hydrogen) atoms. The molecule has 0 saturated heterocycles. The van der Waals surface area contributed by atoms with Gasteiger partial charge in [0.2, 0.25) is 5.91 Å². The second-order valence-corrected chi connectivity index (χ2v) is 12.5. The molecule has 262 valence electrons. The number of hydrogen-bond donors (Lipinski definition) is 5. The number of phenolic OH excluding ortho intramolecular Hbond substituents is 2. The monoisotopic (exact) mass is 681 g/mol. The van der Waals surface area contributed by atoms with Gasteiger partial charge in [-0.2, -0.15) is 0 Å². The molecule has 2 atom stereocenters. The summed E-state index contributed by atoms with van der Waals surface area (Å²) < 4.78 is 11.0. The number of ketones is 1. The highest BCUT2D eigenvalue weighted by molar-refractivity contribution is 5.99. The molecule has 1 aliphatic heterocycles. The van der Waals surface area contributed by atoms with Crippen LogP contribution in [0.4, 0.5) is 0 Å². The van der Waals surface area contributed by atoms with Crippen LogP contribution in [0.1, 0.15) is 95.3 Å². The Hall–Kier alpha value is -5.58. The minimum atomic E-state index is -0.875. The van der Waals surface area contributed by atoms with Crippen molar-refractivity contribution in [2.45, 2.75) is 63.9 Å². The quantitative estimate of drug-likeness (QED) is 0.104. The highest BCUT2D eigenvalue weighted by Gasteiger charge is 2.31. The van der Waals surface area contributed by atoms with Gasteiger partial charge < -0.3 is 35.3 Å². The first-order valence-corrected chi connectivity index (χ1v) is 16.9. The largest absolute Gasteiger partial charge is 0.507 e. The standard InChI is InChI=1S/C39H43N3O8/c1-24-9-8-13-28(43)12-5-3-4-11-27-22-33(44)36(37(46)35(27)39(48)50-24)30(25-15-17-29(49-2)18-16-25)23-34(45)40-19-20-41-38(47)32-21-26-10-6-7-14-31(26)42-32/h4,6-7,10-11,14-18,21-22,24,30,42,44,46H,3,5,8-9,12-13,19-20,23H2,1-2H3,(H,40,45)(H,41,47)/t24-,30?/m0/s1. The molecule has 0 radical (unpaired) electrons. The Balaban J connectivity index is 1.38. The zero-order valence-electron chi connectivity index (χ0n) is 28.3. The maximum absolute atomic E-state index is 13.6. The van der Waals surface area contributed by atoms with Crippen LogP contribution in [-0.4, -0.2) is 65.1 Å². The van der Waals surface area contributed by atoms with Crippen LogP contribution in [0.15, 0.2) is 66.7 Å². The van der Waals surface area contributed by atoms with Gasteiger partial charge in [0.1, 0.15) is 34.3 Å². The third-order valence-electron chi connectivity index (χ3n) is 8.81. The number of rotatable bonds is 9. The van der Waals surface area contributed by atoms with Gasteiger partial charge in [-0.05, 0) is 74.1 Å². The van der Waals surface area contributed by atoms with Crippen molar-refractivity contribution in [3.63, 3.8) is 0 Å². The van der Waals surface area contributed by atoms with Crippen LogP contribution in [0.2, 0.25) is 0 Å². The average molecular weight is 682 g/mol. The molecule has 5 N–H and O–H groups in total. The number of nitrogens with one attached hydrogen (secondary N) is 3. The fourth-order valence-corrected chi connectivity index (χ4v) is 6.17. The van der Waals surface area contributed by atoms with E-state index in [1.165, 1.54) is 13.2 Å². The number of carbonyl (C=O) groups is 4. The van der Waals surface area contributed by atoms with Crippen molar-refractivity contribution < 1.29 is 38.9 Å². The smallest absolute Gasteiger partial charge is 0.342 e. The second kappa shape index (κ2) is 16.7. The number of carbonyl (C=O) groups excluding carboxylic acids is 4. The minimum absolute atomic E-state index is 0.000830. The van der Waals surface area contributed by atoms with Crippen LogP contribution in [-0.2, 0) is 14.3 Å². The van der Waals surface area contributed by atoms with Crippen molar-refractivity contribution in [3.8, 4) is 17.2 Å². The number of allylic oxidation sites excluding steroid dienone is 1. The molecule has 2 amide bonds. The molecule has 0 aliphatic carbocycles. The number of aromatic nitrogens is 1. The minimum Gasteiger partial charge on any atom is -0.507 e. The molecule has 1 aliphatic rings. The van der Waals surface area contributed by atoms with Gasteiger partial charge >= 0.3 is 5.97 Å². The highest BCUT2D eigenvalue weighted by atomic mass is 16.5. The fraction of sp³-hybridized carbons (Fsp3) is 0.333. The first-order chi connectivity index (χ1) is 24.1. The van der Waals surface area contributed by atoms with Gasteiger partial charge in [0, 0.05) is 54.7 Å². The van der Waals surface area contributed by atoms with Crippen LogP contribution in [0.5, 0.6) is 17.2 Å². The summed E-state index contributed by atoms with van der Waals surface area (Å²) in [5, 5.41) is 29.6. The SMILES string of the molecule is COc1ccc(C(CC(=O)NCCNC(=O)c2cc3ccccc3[nH]2)c2c(O)cc3c(c2O)C(=O)O[C@@H](C)CCCC(=O)CCCC=C3)cc1. The fourth-order valence-electron chi connectivity index (χ4n) is 6.17. The molecule has 1 unspecified atom stereocenters. The Kier molecular flexibility index (Phi) is 11.9. The Morgan fingerprint density at radius 3 is 2.50 bits per heavy atom. The van der Waals surface area contributed by atoms with E-state index < -0.39 is 29.6 Å². The number of phenols is 2. The highest BCUT2D eigenvalue weighted by Crippen LogP contribution is 2.44. The van der Waals surface area contributed by atoms with Gasteiger partial charge in [-0.3, -0.25) is 14.4 Å². The molecular formula is C39H43N3O8. The molecule has 0 saturated carbocycles. The average Bonchev–Trinajstić information content (AvgIpc) is 3.54. The lowest BCUT2D eigenvalue weighted by atomic mass is 9.84. The summed E-state index contributed by atoms with van der Waals surface area (Å²) in [6.07, 6.45) is 5.81. The number of aromatic hydroxyl groups is 2. The number of H-pyrrole nitrogens is 1. The molecule has 11 heteroatoms. The molecule has 3 aromatic carbocycles. The van der Waals surface area contributed by atoms with Crippen molar-refractivity contribution in [3.05, 3.63) is 94.7 Å². The number of esters is 1. The molecule has 4 aromatic rings. The first-order valence-electron chi connectivity index (χ1n) is 16.9. The molecule has 0 bridgehead atoms. The van der Waals surface area contributed by atoms with E-state index in [-0.39, 0.29) is 53.6 Å². The molecule has 2 heterocycles. The van der Waals surface area contributed by atoms with Gasteiger partial charge in [-0.25, -0.2) is 4.79 Å². The molecule has 1 aromatic heterocycles. The number of benzene rings is 3. The van der Waals surface area contributed by atoms with Gasteiger partial charge in [0.15, 0.2) is 0 Å². The number of amides is 2. The van der Waals surface area contributed by atoms with E-state index in [0.29, 0.717) is 55.5 Å². The van der Waals surface area contributed by atoms with Crippen LogP contribution < -0.4 is 15.4 Å². The van der Waals surface area contributed by atoms with Crippen LogP contribution in [0, 0.1) is 0 Å². The third kappa shape index (κ3) is 8.90. The topological polar surface area (TPSA) is 167 Å². The summed E-state index contributed by atoms with van der Waals surface area (Å²) in [5.41, 5.74) is 1.97. The first kappa shape index (κ1) is 35.7. The van der Waals surface area contributed by atoms with E-state index in [1.807, 2.05) is 24.3 Å². The summed E-state index contributed by atoms with van der Waals surface area (Å²) in [5.74, 6) is -2.41. The normalized spacial score (nSPS) is 16.2. The van der Waals surface area contributed by atoms with Crippen LogP contribution >= 0.6 is 0 Å². The van der Waals surface area contributed by atoms with Gasteiger partial charge in [-0.15, -0.1) is 0 Å². The van der Waals surface area contributed by atoms with Crippen molar-refractivity contribution in [1.82, 2.24) is 15.6 Å². The second-order valence-electron chi connectivity index (χ2n) is 12.5. The molecule has 11 nitrogen and oxygen atoms in total. The zero-order valence-corrected chi connectivity index (χ0v) is 28.3. The Labute approximate surface area is 290 Å². The van der Waals surface area contributed by atoms with Crippen LogP contribution in [0.25, 0.3) is 17.0 Å². The summed E-state index contributed by atoms with van der Waals surface area (Å²) in [7, 11) is 1.53. The number of ether oxygens (including phenoxy) is 2. The maximum Gasteiger partial charge on any atom is 0.342 e.